The normalized spacial score (nSPS) is 11.0. The van der Waals surface area contributed by atoms with Gasteiger partial charge in [-0.3, -0.25) is 0 Å². The average molecular weight is 556 g/mol. The van der Waals surface area contributed by atoms with Crippen molar-refractivity contribution < 1.29 is 4.39 Å². The lowest BCUT2D eigenvalue weighted by Crippen LogP contribution is -2.09. The van der Waals surface area contributed by atoms with Crippen molar-refractivity contribution in [2.75, 3.05) is 4.90 Å². The van der Waals surface area contributed by atoms with Gasteiger partial charge in [0.2, 0.25) is 0 Å². The molecule has 0 unspecified atom stereocenters. The third-order valence-electron chi connectivity index (χ3n) is 8.03. The molecule has 7 rings (SSSR count). The molecule has 0 aromatic heterocycles. The van der Waals surface area contributed by atoms with Crippen LogP contribution in [0.4, 0.5) is 21.5 Å². The van der Waals surface area contributed by atoms with Gasteiger partial charge in [0.1, 0.15) is 5.82 Å². The van der Waals surface area contributed by atoms with Crippen molar-refractivity contribution in [3.8, 4) is 33.4 Å². The van der Waals surface area contributed by atoms with E-state index in [-0.39, 0.29) is 5.82 Å². The predicted molar refractivity (Wildman–Crippen MR) is 180 cm³/mol. The van der Waals surface area contributed by atoms with Crippen LogP contribution in [0.5, 0.6) is 0 Å². The highest BCUT2D eigenvalue weighted by atomic mass is 19.1. The molecule has 0 saturated heterocycles. The van der Waals surface area contributed by atoms with Gasteiger partial charge in [-0.25, -0.2) is 4.39 Å². The van der Waals surface area contributed by atoms with Gasteiger partial charge in [-0.1, -0.05) is 127 Å². The van der Waals surface area contributed by atoms with Gasteiger partial charge in [0.25, 0.3) is 0 Å². The molecule has 0 atom stereocenters. The number of hydrogen-bond acceptors (Lipinski definition) is 1. The topological polar surface area (TPSA) is 3.24 Å². The van der Waals surface area contributed by atoms with E-state index in [0.717, 1.165) is 44.5 Å². The van der Waals surface area contributed by atoms with E-state index in [1.165, 1.54) is 22.8 Å². The van der Waals surface area contributed by atoms with E-state index in [4.69, 9.17) is 0 Å². The van der Waals surface area contributed by atoms with Gasteiger partial charge >= 0.3 is 0 Å². The number of benzene rings is 7. The summed E-state index contributed by atoms with van der Waals surface area (Å²) in [6.45, 7) is 2.11. The zero-order valence-electron chi connectivity index (χ0n) is 23.9. The number of halogens is 1. The molecule has 0 fully saturated rings. The minimum Gasteiger partial charge on any atom is -0.311 e. The molecule has 0 radical (unpaired) electrons. The summed E-state index contributed by atoms with van der Waals surface area (Å²) in [5.74, 6) is -0.216. The second-order valence-corrected chi connectivity index (χ2v) is 10.8. The summed E-state index contributed by atoms with van der Waals surface area (Å²) in [5.41, 5.74) is 10.5. The van der Waals surface area contributed by atoms with Crippen LogP contribution in [0.2, 0.25) is 0 Å². The minimum absolute atomic E-state index is 0.216. The summed E-state index contributed by atoms with van der Waals surface area (Å²) in [5, 5.41) is 2.14. The molecule has 0 bridgehead atoms. The van der Waals surface area contributed by atoms with Gasteiger partial charge in [-0.2, -0.15) is 0 Å². The summed E-state index contributed by atoms with van der Waals surface area (Å²) in [4.78, 5) is 2.28. The molecule has 0 heterocycles. The Morgan fingerprint density at radius 2 is 0.884 bits per heavy atom. The molecule has 2 heteroatoms. The van der Waals surface area contributed by atoms with Crippen LogP contribution in [0.1, 0.15) is 5.56 Å². The summed E-state index contributed by atoms with van der Waals surface area (Å²) >= 11 is 0. The van der Waals surface area contributed by atoms with Crippen LogP contribution in [0.15, 0.2) is 164 Å². The van der Waals surface area contributed by atoms with Crippen molar-refractivity contribution in [2.24, 2.45) is 0 Å². The highest BCUT2D eigenvalue weighted by Crippen LogP contribution is 2.40. The van der Waals surface area contributed by atoms with Crippen LogP contribution in [0.25, 0.3) is 44.2 Å². The molecule has 0 aliphatic carbocycles. The van der Waals surface area contributed by atoms with E-state index in [0.29, 0.717) is 5.56 Å². The quantitative estimate of drug-likeness (QED) is 0.197. The molecule has 43 heavy (non-hydrogen) atoms. The number of hydrogen-bond donors (Lipinski definition) is 0. The summed E-state index contributed by atoms with van der Waals surface area (Å²) in [6.07, 6.45) is 0. The van der Waals surface area contributed by atoms with E-state index in [1.54, 1.807) is 6.07 Å². The van der Waals surface area contributed by atoms with Gasteiger partial charge in [0.15, 0.2) is 0 Å². The van der Waals surface area contributed by atoms with E-state index in [2.05, 4.69) is 133 Å². The van der Waals surface area contributed by atoms with Crippen LogP contribution in [-0.2, 0) is 0 Å². The van der Waals surface area contributed by atoms with E-state index >= 15 is 0 Å². The zero-order valence-corrected chi connectivity index (χ0v) is 23.9. The third-order valence-corrected chi connectivity index (χ3v) is 8.03. The van der Waals surface area contributed by atoms with Crippen LogP contribution in [0.3, 0.4) is 0 Å². The number of anilines is 3. The Morgan fingerprint density at radius 3 is 1.51 bits per heavy atom. The molecular weight excluding hydrogens is 525 g/mol. The number of aryl methyl sites for hydroxylation is 1. The van der Waals surface area contributed by atoms with Gasteiger partial charge in [0, 0.05) is 22.6 Å². The van der Waals surface area contributed by atoms with Gasteiger partial charge in [-0.05, 0) is 88.0 Å². The fraction of sp³-hybridized carbons (Fsp3) is 0.0244. The van der Waals surface area contributed by atoms with Gasteiger partial charge in [0.05, 0.1) is 0 Å². The van der Waals surface area contributed by atoms with Crippen molar-refractivity contribution >= 4 is 27.8 Å². The minimum atomic E-state index is -0.216. The van der Waals surface area contributed by atoms with Crippen LogP contribution < -0.4 is 4.90 Å². The lowest BCUT2D eigenvalue weighted by atomic mass is 9.91. The zero-order chi connectivity index (χ0) is 29.2. The van der Waals surface area contributed by atoms with Crippen LogP contribution in [-0.4, -0.2) is 0 Å². The Labute approximate surface area is 252 Å². The van der Waals surface area contributed by atoms with Crippen molar-refractivity contribution in [3.63, 3.8) is 0 Å². The number of fused-ring (bicyclic) bond motifs is 1. The maximum Gasteiger partial charge on any atom is 0.131 e. The predicted octanol–water partition coefficient (Wildman–Crippen LogP) is 11.8. The van der Waals surface area contributed by atoms with E-state index in [9.17, 15) is 4.39 Å². The molecule has 206 valence electrons. The molecular formula is C41H30FN. The first-order valence-corrected chi connectivity index (χ1v) is 14.5. The van der Waals surface area contributed by atoms with Crippen molar-refractivity contribution in [3.05, 3.63) is 175 Å². The number of rotatable bonds is 6. The van der Waals surface area contributed by atoms with E-state index in [1.807, 2.05) is 30.3 Å². The molecule has 7 aromatic carbocycles. The summed E-state index contributed by atoms with van der Waals surface area (Å²) in [7, 11) is 0. The molecule has 0 aliphatic rings. The number of nitrogens with zero attached hydrogens (tertiary/aromatic N) is 1. The second-order valence-electron chi connectivity index (χ2n) is 10.8. The lowest BCUT2D eigenvalue weighted by Gasteiger charge is -2.26. The molecule has 0 spiro atoms. The monoisotopic (exact) mass is 555 g/mol. The van der Waals surface area contributed by atoms with Gasteiger partial charge < -0.3 is 4.90 Å². The summed E-state index contributed by atoms with van der Waals surface area (Å²) < 4.78 is 14.9. The molecule has 0 amide bonds. The maximum absolute atomic E-state index is 14.9. The summed E-state index contributed by atoms with van der Waals surface area (Å²) in [6, 6.07) is 55.9. The lowest BCUT2D eigenvalue weighted by molar-refractivity contribution is 0.631. The Balaban J connectivity index is 1.31. The maximum atomic E-state index is 14.9. The Bertz CT molecular complexity index is 2000. The highest BCUT2D eigenvalue weighted by molar-refractivity contribution is 6.06. The van der Waals surface area contributed by atoms with Crippen molar-refractivity contribution in [2.45, 2.75) is 6.92 Å². The standard InChI is InChI=1S/C41H30FN/c1-29-17-23-34(24-18-29)43(35-25-19-31(20-26-35)30-9-3-2-4-10-30)36-27-21-32(22-28-36)37-14-7-11-33-12-8-15-39(41(33)37)38-13-5-6-16-40(38)42/h2-28H,1H3. The highest BCUT2D eigenvalue weighted by Gasteiger charge is 2.15. The third kappa shape index (κ3) is 5.20. The van der Waals surface area contributed by atoms with Crippen LogP contribution in [0, 0.1) is 12.7 Å². The molecule has 7 aromatic rings. The molecule has 0 saturated carbocycles. The first-order chi connectivity index (χ1) is 21.2. The van der Waals surface area contributed by atoms with Crippen LogP contribution >= 0.6 is 0 Å². The molecule has 1 nitrogen and oxygen atoms in total. The Hall–Kier alpha value is -5.47. The second kappa shape index (κ2) is 11.4. The molecule has 0 N–H and O–H groups in total. The fourth-order valence-corrected chi connectivity index (χ4v) is 5.85. The smallest absolute Gasteiger partial charge is 0.131 e. The van der Waals surface area contributed by atoms with Crippen molar-refractivity contribution in [1.82, 2.24) is 0 Å². The Kier molecular flexibility index (Phi) is 7.02. The Morgan fingerprint density at radius 1 is 0.395 bits per heavy atom. The SMILES string of the molecule is Cc1ccc(N(c2ccc(-c3ccccc3)cc2)c2ccc(-c3cccc4cccc(-c5ccccc5F)c34)cc2)cc1. The largest absolute Gasteiger partial charge is 0.311 e. The first-order valence-electron chi connectivity index (χ1n) is 14.5. The average Bonchev–Trinajstić information content (AvgIpc) is 3.07. The first kappa shape index (κ1) is 26.4. The fourth-order valence-electron chi connectivity index (χ4n) is 5.85. The van der Waals surface area contributed by atoms with E-state index < -0.39 is 0 Å². The molecule has 0 aliphatic heterocycles. The van der Waals surface area contributed by atoms with Crippen molar-refractivity contribution in [1.29, 1.82) is 0 Å². The van der Waals surface area contributed by atoms with Gasteiger partial charge in [-0.15, -0.1) is 0 Å².